The van der Waals surface area contributed by atoms with Gasteiger partial charge in [-0.2, -0.15) is 0 Å². The van der Waals surface area contributed by atoms with Crippen LogP contribution in [0.4, 0.5) is 0 Å². The van der Waals surface area contributed by atoms with Gasteiger partial charge in [-0.25, -0.2) is 4.79 Å². The van der Waals surface area contributed by atoms with Crippen LogP contribution in [0.15, 0.2) is 0 Å². The van der Waals surface area contributed by atoms with E-state index in [9.17, 15) is 33.9 Å². The van der Waals surface area contributed by atoms with Crippen molar-refractivity contribution in [1.82, 2.24) is 21.3 Å². The third-order valence-electron chi connectivity index (χ3n) is 5.23. The molecule has 186 valence electrons. The molecule has 0 aromatic rings. The zero-order chi connectivity index (χ0) is 25.1. The second kappa shape index (κ2) is 13.4. The lowest BCUT2D eigenvalue weighted by atomic mass is 10.0. The Hall–Kier alpha value is -3.22. The number of nitrogens with two attached hydrogens (primary N) is 2. The summed E-state index contributed by atoms with van der Waals surface area (Å²) in [6.07, 6.45) is 0.736. The second-order valence-corrected chi connectivity index (χ2v) is 8.35. The molecule has 0 spiro atoms. The van der Waals surface area contributed by atoms with Crippen molar-refractivity contribution in [3.63, 3.8) is 0 Å². The normalized spacial score (nSPS) is 18.1. The van der Waals surface area contributed by atoms with E-state index in [1.54, 1.807) is 13.8 Å². The van der Waals surface area contributed by atoms with Gasteiger partial charge in [0.05, 0.1) is 6.04 Å². The highest BCUT2D eigenvalue weighted by Crippen LogP contribution is 2.09. The van der Waals surface area contributed by atoms with Gasteiger partial charge in [0.25, 0.3) is 0 Å². The lowest BCUT2D eigenvalue weighted by Gasteiger charge is -2.27. The van der Waals surface area contributed by atoms with Gasteiger partial charge in [-0.15, -0.1) is 0 Å². The third kappa shape index (κ3) is 9.85. The van der Waals surface area contributed by atoms with Crippen LogP contribution in [0.25, 0.3) is 0 Å². The zero-order valence-corrected chi connectivity index (χ0v) is 18.9. The molecular formula is C20H34N6O7. The number of carbonyl (C=O) groups excluding carboxylic acids is 5. The van der Waals surface area contributed by atoms with E-state index >= 15 is 0 Å². The van der Waals surface area contributed by atoms with Crippen LogP contribution in [0.5, 0.6) is 0 Å². The Balaban J connectivity index is 2.89. The largest absolute Gasteiger partial charge is 0.480 e. The number of amides is 5. The number of carbonyl (C=O) groups is 6. The molecule has 0 bridgehead atoms. The minimum atomic E-state index is -1.37. The van der Waals surface area contributed by atoms with Crippen molar-refractivity contribution < 1.29 is 33.9 Å². The van der Waals surface area contributed by atoms with Crippen molar-refractivity contribution in [2.75, 3.05) is 6.54 Å². The first-order valence-corrected chi connectivity index (χ1v) is 10.9. The summed E-state index contributed by atoms with van der Waals surface area (Å²) >= 11 is 0. The molecule has 13 nitrogen and oxygen atoms in total. The van der Waals surface area contributed by atoms with Gasteiger partial charge in [0.1, 0.15) is 18.1 Å². The average Bonchev–Trinajstić information content (AvgIpc) is 3.26. The van der Waals surface area contributed by atoms with Crippen LogP contribution < -0.4 is 32.7 Å². The SMILES string of the molecule is CC(C)C(NC(=O)C(CCC(N)=O)NC(=O)C1CCCN1)C(=O)NC(CCC(N)=O)C(=O)O. The summed E-state index contributed by atoms with van der Waals surface area (Å²) in [6.45, 7) is 3.96. The molecule has 33 heavy (non-hydrogen) atoms. The Labute approximate surface area is 191 Å². The monoisotopic (exact) mass is 470 g/mol. The highest BCUT2D eigenvalue weighted by atomic mass is 16.4. The molecule has 1 aliphatic rings. The predicted octanol–water partition coefficient (Wildman–Crippen LogP) is -2.54. The van der Waals surface area contributed by atoms with E-state index in [4.69, 9.17) is 11.5 Å². The van der Waals surface area contributed by atoms with Crippen molar-refractivity contribution in [3.05, 3.63) is 0 Å². The Morgan fingerprint density at radius 1 is 0.909 bits per heavy atom. The van der Waals surface area contributed by atoms with Crippen LogP contribution in [-0.2, 0) is 28.8 Å². The Morgan fingerprint density at radius 3 is 1.94 bits per heavy atom. The van der Waals surface area contributed by atoms with Crippen LogP contribution in [-0.4, -0.2) is 71.3 Å². The minimum Gasteiger partial charge on any atom is -0.480 e. The molecule has 0 saturated carbocycles. The fourth-order valence-electron chi connectivity index (χ4n) is 3.33. The molecule has 1 saturated heterocycles. The van der Waals surface area contributed by atoms with Gasteiger partial charge in [0.2, 0.25) is 29.5 Å². The fourth-order valence-corrected chi connectivity index (χ4v) is 3.33. The van der Waals surface area contributed by atoms with Gasteiger partial charge >= 0.3 is 5.97 Å². The summed E-state index contributed by atoms with van der Waals surface area (Å²) in [5.41, 5.74) is 10.2. The van der Waals surface area contributed by atoms with Crippen LogP contribution >= 0.6 is 0 Å². The van der Waals surface area contributed by atoms with E-state index in [2.05, 4.69) is 21.3 Å². The number of carboxylic acid groups (broad SMARTS) is 1. The first kappa shape index (κ1) is 27.8. The van der Waals surface area contributed by atoms with Crippen molar-refractivity contribution in [2.24, 2.45) is 17.4 Å². The maximum atomic E-state index is 12.9. The first-order chi connectivity index (χ1) is 15.4. The number of hydrogen-bond donors (Lipinski definition) is 7. The molecular weight excluding hydrogens is 436 g/mol. The van der Waals surface area contributed by atoms with Crippen LogP contribution in [0, 0.1) is 5.92 Å². The summed E-state index contributed by atoms with van der Waals surface area (Å²) in [4.78, 5) is 71.7. The minimum absolute atomic E-state index is 0.0670. The number of carboxylic acids is 1. The molecule has 0 aromatic carbocycles. The van der Waals surface area contributed by atoms with Gasteiger partial charge < -0.3 is 37.8 Å². The number of hydrogen-bond acceptors (Lipinski definition) is 7. The Kier molecular flexibility index (Phi) is 11.3. The van der Waals surface area contributed by atoms with E-state index in [-0.39, 0.29) is 25.7 Å². The molecule has 1 rings (SSSR count). The maximum absolute atomic E-state index is 12.9. The van der Waals surface area contributed by atoms with Crippen LogP contribution in [0.1, 0.15) is 52.4 Å². The Morgan fingerprint density at radius 2 is 1.48 bits per heavy atom. The van der Waals surface area contributed by atoms with Crippen molar-refractivity contribution in [1.29, 1.82) is 0 Å². The molecule has 1 aliphatic heterocycles. The van der Waals surface area contributed by atoms with Gasteiger partial charge in [0, 0.05) is 12.8 Å². The van der Waals surface area contributed by atoms with E-state index in [0.29, 0.717) is 13.0 Å². The maximum Gasteiger partial charge on any atom is 0.326 e. The number of nitrogens with one attached hydrogen (secondary N) is 4. The van der Waals surface area contributed by atoms with Crippen LogP contribution in [0.2, 0.25) is 0 Å². The predicted molar refractivity (Wildman–Crippen MR) is 116 cm³/mol. The summed E-state index contributed by atoms with van der Waals surface area (Å²) in [6, 6.07) is -4.08. The number of aliphatic carboxylic acids is 1. The van der Waals surface area contributed by atoms with Crippen LogP contribution in [0.3, 0.4) is 0 Å². The highest BCUT2D eigenvalue weighted by molar-refractivity contribution is 5.94. The summed E-state index contributed by atoms with van der Waals surface area (Å²) < 4.78 is 0. The summed E-state index contributed by atoms with van der Waals surface area (Å²) in [7, 11) is 0. The molecule has 5 amide bonds. The van der Waals surface area contributed by atoms with Crippen molar-refractivity contribution in [3.8, 4) is 0 Å². The van der Waals surface area contributed by atoms with Crippen molar-refractivity contribution in [2.45, 2.75) is 76.5 Å². The smallest absolute Gasteiger partial charge is 0.326 e. The number of primary amides is 2. The summed E-state index contributed by atoms with van der Waals surface area (Å²) in [5.74, 6) is -5.04. The lowest BCUT2D eigenvalue weighted by Crippen LogP contribution is -2.58. The fraction of sp³-hybridized carbons (Fsp3) is 0.700. The van der Waals surface area contributed by atoms with E-state index in [1.165, 1.54) is 0 Å². The van der Waals surface area contributed by atoms with Gasteiger partial charge in [-0.1, -0.05) is 13.8 Å². The lowest BCUT2D eigenvalue weighted by molar-refractivity contribution is -0.143. The van der Waals surface area contributed by atoms with E-state index < -0.39 is 65.6 Å². The first-order valence-electron chi connectivity index (χ1n) is 10.9. The second-order valence-electron chi connectivity index (χ2n) is 8.35. The molecule has 4 atom stereocenters. The van der Waals surface area contributed by atoms with Gasteiger partial charge in [-0.3, -0.25) is 24.0 Å². The standard InChI is InChI=1S/C20H34N6O7/c1-10(2)16(19(31)25-13(20(32)33)6-8-15(22)28)26-18(30)12(5-7-14(21)27)24-17(29)11-4-3-9-23-11/h10-13,16,23H,3-9H2,1-2H3,(H2,21,27)(H2,22,28)(H,24,29)(H,25,31)(H,26,30)(H,32,33). The van der Waals surface area contributed by atoms with Gasteiger partial charge in [0.15, 0.2) is 0 Å². The molecule has 1 fully saturated rings. The zero-order valence-electron chi connectivity index (χ0n) is 18.9. The highest BCUT2D eigenvalue weighted by Gasteiger charge is 2.32. The van der Waals surface area contributed by atoms with Crippen molar-refractivity contribution >= 4 is 35.5 Å². The number of rotatable bonds is 14. The third-order valence-corrected chi connectivity index (χ3v) is 5.23. The molecule has 4 unspecified atom stereocenters. The molecule has 0 radical (unpaired) electrons. The average molecular weight is 471 g/mol. The van der Waals surface area contributed by atoms with Gasteiger partial charge in [-0.05, 0) is 38.1 Å². The topological polar surface area (TPSA) is 223 Å². The molecule has 0 aliphatic carbocycles. The van der Waals surface area contributed by atoms with E-state index in [1.807, 2.05) is 0 Å². The molecule has 13 heteroatoms. The Bertz CT molecular complexity index is 751. The molecule has 9 N–H and O–H groups in total. The molecule has 1 heterocycles. The van der Waals surface area contributed by atoms with E-state index in [0.717, 1.165) is 6.42 Å². The quantitative estimate of drug-likeness (QED) is 0.143. The summed E-state index contributed by atoms with van der Waals surface area (Å²) in [5, 5.41) is 19.7. The molecule has 0 aromatic heterocycles.